The van der Waals surface area contributed by atoms with Gasteiger partial charge in [0.05, 0.1) is 12.7 Å². The van der Waals surface area contributed by atoms with Gasteiger partial charge < -0.3 is 9.84 Å². The Labute approximate surface area is 105 Å². The third-order valence-electron chi connectivity index (χ3n) is 2.88. The van der Waals surface area contributed by atoms with Crippen LogP contribution >= 0.6 is 0 Å². The monoisotopic (exact) mass is 236 g/mol. The van der Waals surface area contributed by atoms with Gasteiger partial charge in [-0.05, 0) is 31.0 Å². The Morgan fingerprint density at radius 1 is 1.06 bits per heavy atom. The summed E-state index contributed by atoms with van der Waals surface area (Å²) < 4.78 is 5.64. The molecule has 1 aromatic rings. The molecule has 0 aromatic heterocycles. The van der Waals surface area contributed by atoms with Crippen molar-refractivity contribution in [1.82, 2.24) is 0 Å². The van der Waals surface area contributed by atoms with Crippen molar-refractivity contribution in [2.75, 3.05) is 6.61 Å². The molecular formula is C15H24O2. The lowest BCUT2D eigenvalue weighted by Gasteiger charge is -2.08. The van der Waals surface area contributed by atoms with Crippen LogP contribution in [0.4, 0.5) is 0 Å². The van der Waals surface area contributed by atoms with Crippen LogP contribution in [0.2, 0.25) is 0 Å². The Hall–Kier alpha value is -1.02. The van der Waals surface area contributed by atoms with Gasteiger partial charge in [0.1, 0.15) is 5.75 Å². The zero-order valence-corrected chi connectivity index (χ0v) is 11.0. The summed E-state index contributed by atoms with van der Waals surface area (Å²) in [4.78, 5) is 0. The van der Waals surface area contributed by atoms with Gasteiger partial charge in [-0.25, -0.2) is 0 Å². The van der Waals surface area contributed by atoms with Gasteiger partial charge >= 0.3 is 0 Å². The largest absolute Gasteiger partial charge is 0.494 e. The van der Waals surface area contributed by atoms with Gasteiger partial charge in [-0.3, -0.25) is 0 Å². The van der Waals surface area contributed by atoms with Crippen LogP contribution in [0.25, 0.3) is 0 Å². The molecule has 1 rings (SSSR count). The van der Waals surface area contributed by atoms with Crippen molar-refractivity contribution >= 4 is 0 Å². The first-order valence-electron chi connectivity index (χ1n) is 6.65. The molecule has 0 heterocycles. The first kappa shape index (κ1) is 14.0. The van der Waals surface area contributed by atoms with Gasteiger partial charge in [0.25, 0.3) is 0 Å². The number of hydrogen-bond donors (Lipinski definition) is 1. The maximum absolute atomic E-state index is 9.37. The summed E-state index contributed by atoms with van der Waals surface area (Å²) in [5.41, 5.74) is 0.931. The highest BCUT2D eigenvalue weighted by Gasteiger charge is 2.00. The second-order valence-corrected chi connectivity index (χ2v) is 4.51. The van der Waals surface area contributed by atoms with Gasteiger partial charge in [0.15, 0.2) is 0 Å². The SMILES string of the molecule is CCCCCCCOc1ccc([C@@H](C)O)cc1. The minimum atomic E-state index is -0.405. The van der Waals surface area contributed by atoms with Gasteiger partial charge in [-0.15, -0.1) is 0 Å². The first-order chi connectivity index (χ1) is 8.24. The van der Waals surface area contributed by atoms with E-state index in [2.05, 4.69) is 6.92 Å². The summed E-state index contributed by atoms with van der Waals surface area (Å²) in [6.07, 6.45) is 5.88. The van der Waals surface area contributed by atoms with Gasteiger partial charge in [0.2, 0.25) is 0 Å². The van der Waals surface area contributed by atoms with Crippen LogP contribution in [-0.4, -0.2) is 11.7 Å². The van der Waals surface area contributed by atoms with E-state index in [1.165, 1.54) is 25.7 Å². The van der Waals surface area contributed by atoms with E-state index in [1.54, 1.807) is 6.92 Å². The molecule has 0 saturated heterocycles. The molecular weight excluding hydrogens is 212 g/mol. The molecule has 0 aliphatic rings. The van der Waals surface area contributed by atoms with Crippen LogP contribution in [0.1, 0.15) is 57.6 Å². The highest BCUT2D eigenvalue weighted by atomic mass is 16.5. The smallest absolute Gasteiger partial charge is 0.119 e. The van der Waals surface area contributed by atoms with Crippen LogP contribution in [0.3, 0.4) is 0 Å². The van der Waals surface area contributed by atoms with Crippen molar-refractivity contribution in [3.05, 3.63) is 29.8 Å². The standard InChI is InChI=1S/C15H24O2/c1-3-4-5-6-7-12-17-15-10-8-14(9-11-15)13(2)16/h8-11,13,16H,3-7,12H2,1-2H3/t13-/m1/s1. The van der Waals surface area contributed by atoms with E-state index in [0.29, 0.717) is 0 Å². The molecule has 0 aliphatic heterocycles. The molecule has 1 aromatic carbocycles. The number of hydrogen-bond acceptors (Lipinski definition) is 2. The number of aliphatic hydroxyl groups is 1. The predicted molar refractivity (Wildman–Crippen MR) is 71.3 cm³/mol. The van der Waals surface area contributed by atoms with Crippen LogP contribution in [-0.2, 0) is 0 Å². The molecule has 96 valence electrons. The first-order valence-corrected chi connectivity index (χ1v) is 6.65. The molecule has 1 atom stereocenters. The molecule has 0 amide bonds. The zero-order valence-electron chi connectivity index (χ0n) is 11.0. The maximum atomic E-state index is 9.37. The number of benzene rings is 1. The van der Waals surface area contributed by atoms with E-state index >= 15 is 0 Å². The molecule has 2 heteroatoms. The lowest BCUT2D eigenvalue weighted by atomic mass is 10.1. The fourth-order valence-electron chi connectivity index (χ4n) is 1.74. The summed E-state index contributed by atoms with van der Waals surface area (Å²) in [6.45, 7) is 4.78. The second kappa shape index (κ2) is 8.13. The minimum Gasteiger partial charge on any atom is -0.494 e. The maximum Gasteiger partial charge on any atom is 0.119 e. The average molecular weight is 236 g/mol. The van der Waals surface area contributed by atoms with Gasteiger partial charge in [-0.2, -0.15) is 0 Å². The van der Waals surface area contributed by atoms with Crippen LogP contribution in [0.5, 0.6) is 5.75 Å². The quantitative estimate of drug-likeness (QED) is 0.689. The molecule has 0 unspecified atom stereocenters. The van der Waals surface area contributed by atoms with Crippen molar-refractivity contribution in [3.63, 3.8) is 0 Å². The summed E-state index contributed by atoms with van der Waals surface area (Å²) in [5, 5.41) is 9.37. The number of aliphatic hydroxyl groups excluding tert-OH is 1. The average Bonchev–Trinajstić information content (AvgIpc) is 2.34. The summed E-state index contributed by atoms with van der Waals surface area (Å²) in [7, 11) is 0. The Morgan fingerprint density at radius 2 is 1.71 bits per heavy atom. The lowest BCUT2D eigenvalue weighted by Crippen LogP contribution is -1.98. The minimum absolute atomic E-state index is 0.405. The van der Waals surface area contributed by atoms with Crippen LogP contribution in [0, 0.1) is 0 Å². The van der Waals surface area contributed by atoms with E-state index in [-0.39, 0.29) is 0 Å². The lowest BCUT2D eigenvalue weighted by molar-refractivity contribution is 0.199. The molecule has 0 spiro atoms. The molecule has 0 fully saturated rings. The highest BCUT2D eigenvalue weighted by molar-refractivity contribution is 5.28. The van der Waals surface area contributed by atoms with Crippen molar-refractivity contribution in [2.24, 2.45) is 0 Å². The number of rotatable bonds is 8. The normalized spacial score (nSPS) is 12.4. The fraction of sp³-hybridized carbons (Fsp3) is 0.600. The third kappa shape index (κ3) is 5.73. The summed E-state index contributed by atoms with van der Waals surface area (Å²) in [5.74, 6) is 0.893. The summed E-state index contributed by atoms with van der Waals surface area (Å²) >= 11 is 0. The van der Waals surface area contributed by atoms with E-state index < -0.39 is 6.10 Å². The second-order valence-electron chi connectivity index (χ2n) is 4.51. The Morgan fingerprint density at radius 3 is 2.29 bits per heavy atom. The molecule has 1 N–H and O–H groups in total. The van der Waals surface area contributed by atoms with Gasteiger partial charge in [0, 0.05) is 0 Å². The van der Waals surface area contributed by atoms with Crippen molar-refractivity contribution in [1.29, 1.82) is 0 Å². The number of unbranched alkanes of at least 4 members (excludes halogenated alkanes) is 4. The molecule has 0 radical (unpaired) electrons. The number of ether oxygens (including phenoxy) is 1. The third-order valence-corrected chi connectivity index (χ3v) is 2.88. The summed E-state index contributed by atoms with van der Waals surface area (Å²) in [6, 6.07) is 7.68. The topological polar surface area (TPSA) is 29.5 Å². The predicted octanol–water partition coefficient (Wildman–Crippen LogP) is 4.09. The van der Waals surface area contributed by atoms with Crippen LogP contribution < -0.4 is 4.74 Å². The Balaban J connectivity index is 2.19. The van der Waals surface area contributed by atoms with Crippen molar-refractivity contribution in [2.45, 2.75) is 52.1 Å². The molecule has 0 bridgehead atoms. The van der Waals surface area contributed by atoms with Crippen LogP contribution in [0.15, 0.2) is 24.3 Å². The fourth-order valence-corrected chi connectivity index (χ4v) is 1.74. The molecule has 0 saturated carbocycles. The van der Waals surface area contributed by atoms with Crippen molar-refractivity contribution < 1.29 is 9.84 Å². The molecule has 2 nitrogen and oxygen atoms in total. The Bertz CT molecular complexity index is 290. The van der Waals surface area contributed by atoms with E-state index in [9.17, 15) is 5.11 Å². The molecule has 0 aliphatic carbocycles. The molecule has 17 heavy (non-hydrogen) atoms. The zero-order chi connectivity index (χ0) is 12.5. The van der Waals surface area contributed by atoms with Gasteiger partial charge in [-0.1, -0.05) is 44.7 Å². The van der Waals surface area contributed by atoms with E-state index in [4.69, 9.17) is 4.74 Å². The Kier molecular flexibility index (Phi) is 6.71. The van der Waals surface area contributed by atoms with Crippen molar-refractivity contribution in [3.8, 4) is 5.75 Å². The highest BCUT2D eigenvalue weighted by Crippen LogP contribution is 2.17. The van der Waals surface area contributed by atoms with E-state index in [1.807, 2.05) is 24.3 Å². The van der Waals surface area contributed by atoms with E-state index in [0.717, 1.165) is 24.3 Å².